The van der Waals surface area contributed by atoms with Gasteiger partial charge >= 0.3 is 0 Å². The molecule has 3 unspecified atom stereocenters. The number of nitrogens with one attached hydrogen (secondary N) is 1. The number of carbonyl (C=O) groups is 1. The molecule has 1 aliphatic carbocycles. The second kappa shape index (κ2) is 2.55. The molecule has 1 amide bonds. The molecule has 1 saturated carbocycles. The minimum atomic E-state index is 0.00954. The monoisotopic (exact) mass is 168 g/mol. The number of hydrazone groups is 1. The first kappa shape index (κ1) is 7.73. The topological polar surface area (TPSA) is 61.7 Å². The van der Waals surface area contributed by atoms with Crippen LogP contribution in [0.25, 0.3) is 0 Å². The number of aliphatic hydroxyl groups excluding tert-OH is 1. The second-order valence-corrected chi connectivity index (χ2v) is 3.54. The fourth-order valence-corrected chi connectivity index (χ4v) is 2.14. The summed E-state index contributed by atoms with van der Waals surface area (Å²) in [5, 5.41) is 12.8. The van der Waals surface area contributed by atoms with Crippen LogP contribution in [0.5, 0.6) is 0 Å². The van der Waals surface area contributed by atoms with E-state index in [9.17, 15) is 4.79 Å². The van der Waals surface area contributed by atoms with Crippen molar-refractivity contribution in [2.75, 3.05) is 6.61 Å². The van der Waals surface area contributed by atoms with Gasteiger partial charge < -0.3 is 5.11 Å². The van der Waals surface area contributed by atoms with Gasteiger partial charge in [0.25, 0.3) is 0 Å². The Bertz CT molecular complexity index is 249. The average molecular weight is 168 g/mol. The van der Waals surface area contributed by atoms with Crippen molar-refractivity contribution >= 4 is 11.6 Å². The number of aliphatic hydroxyl groups is 1. The second-order valence-electron chi connectivity index (χ2n) is 3.54. The van der Waals surface area contributed by atoms with Gasteiger partial charge in [-0.2, -0.15) is 5.10 Å². The summed E-state index contributed by atoms with van der Waals surface area (Å²) in [6, 6.07) is 0. The molecule has 4 heteroatoms. The standard InChI is InChI=1S/C8H12N2O2/c1-4-7-5(3-11)2-6(7)8(12)10-9-4/h5-7,11H,2-3H2,1H3,(H,10,12). The van der Waals surface area contributed by atoms with Crippen molar-refractivity contribution in [3.05, 3.63) is 0 Å². The van der Waals surface area contributed by atoms with E-state index in [1.807, 2.05) is 6.92 Å². The molecule has 0 radical (unpaired) electrons. The Kier molecular flexibility index (Phi) is 1.65. The zero-order chi connectivity index (χ0) is 8.72. The maximum Gasteiger partial charge on any atom is 0.243 e. The molecule has 0 aromatic heterocycles. The smallest absolute Gasteiger partial charge is 0.243 e. The maximum absolute atomic E-state index is 11.2. The third-order valence-corrected chi connectivity index (χ3v) is 2.89. The molecule has 0 aromatic rings. The van der Waals surface area contributed by atoms with Gasteiger partial charge in [0.15, 0.2) is 0 Å². The van der Waals surface area contributed by atoms with Gasteiger partial charge in [-0.1, -0.05) is 0 Å². The number of hydrogen-bond acceptors (Lipinski definition) is 3. The van der Waals surface area contributed by atoms with Gasteiger partial charge in [0, 0.05) is 24.2 Å². The zero-order valence-electron chi connectivity index (χ0n) is 6.95. The molecule has 2 rings (SSSR count). The number of fused-ring (bicyclic) bond motifs is 1. The van der Waals surface area contributed by atoms with E-state index >= 15 is 0 Å². The molecule has 0 bridgehead atoms. The van der Waals surface area contributed by atoms with Crippen LogP contribution in [0.3, 0.4) is 0 Å². The first-order valence-electron chi connectivity index (χ1n) is 4.19. The van der Waals surface area contributed by atoms with Crippen molar-refractivity contribution in [1.29, 1.82) is 0 Å². The number of nitrogens with zero attached hydrogens (tertiary/aromatic N) is 1. The van der Waals surface area contributed by atoms with Gasteiger partial charge in [-0.3, -0.25) is 4.79 Å². The van der Waals surface area contributed by atoms with E-state index in [0.29, 0.717) is 0 Å². The maximum atomic E-state index is 11.2. The van der Waals surface area contributed by atoms with Crippen molar-refractivity contribution in [2.24, 2.45) is 22.9 Å². The van der Waals surface area contributed by atoms with Crippen molar-refractivity contribution in [2.45, 2.75) is 13.3 Å². The number of carbonyl (C=O) groups excluding carboxylic acids is 1. The molecular formula is C8H12N2O2. The zero-order valence-corrected chi connectivity index (χ0v) is 6.95. The van der Waals surface area contributed by atoms with E-state index in [2.05, 4.69) is 10.5 Å². The summed E-state index contributed by atoms with van der Waals surface area (Å²) >= 11 is 0. The molecule has 0 saturated heterocycles. The molecule has 0 aromatic carbocycles. The number of hydrogen-bond donors (Lipinski definition) is 2. The van der Waals surface area contributed by atoms with Crippen LogP contribution in [0.15, 0.2) is 5.10 Å². The Morgan fingerprint density at radius 1 is 1.75 bits per heavy atom. The van der Waals surface area contributed by atoms with Crippen LogP contribution in [0, 0.1) is 17.8 Å². The Morgan fingerprint density at radius 3 is 3.17 bits per heavy atom. The Morgan fingerprint density at radius 2 is 2.50 bits per heavy atom. The molecular weight excluding hydrogens is 156 g/mol. The lowest BCUT2D eigenvalue weighted by Gasteiger charge is -2.44. The first-order chi connectivity index (χ1) is 5.74. The molecule has 0 spiro atoms. The lowest BCUT2D eigenvalue weighted by atomic mass is 9.62. The van der Waals surface area contributed by atoms with Gasteiger partial charge in [-0.25, -0.2) is 5.43 Å². The third-order valence-electron chi connectivity index (χ3n) is 2.89. The van der Waals surface area contributed by atoms with Gasteiger partial charge in [0.05, 0.1) is 0 Å². The number of amides is 1. The van der Waals surface area contributed by atoms with Crippen molar-refractivity contribution in [1.82, 2.24) is 5.43 Å². The van der Waals surface area contributed by atoms with Crippen molar-refractivity contribution in [3.8, 4) is 0 Å². The molecule has 2 N–H and O–H groups in total. The summed E-state index contributed by atoms with van der Waals surface area (Å²) in [5.74, 6) is 0.531. The summed E-state index contributed by atoms with van der Waals surface area (Å²) < 4.78 is 0. The van der Waals surface area contributed by atoms with Crippen LogP contribution in [0.1, 0.15) is 13.3 Å². The minimum absolute atomic E-state index is 0.00954. The lowest BCUT2D eigenvalue weighted by molar-refractivity contribution is -0.133. The van der Waals surface area contributed by atoms with Gasteiger partial charge in [-0.15, -0.1) is 0 Å². The van der Waals surface area contributed by atoms with Crippen molar-refractivity contribution < 1.29 is 9.90 Å². The van der Waals surface area contributed by atoms with Gasteiger partial charge in [0.2, 0.25) is 5.91 Å². The Hall–Kier alpha value is -0.900. The van der Waals surface area contributed by atoms with Crippen LogP contribution in [0.4, 0.5) is 0 Å². The van der Waals surface area contributed by atoms with Crippen molar-refractivity contribution in [3.63, 3.8) is 0 Å². The summed E-state index contributed by atoms with van der Waals surface area (Å²) in [4.78, 5) is 11.2. The Balaban J connectivity index is 2.18. The molecule has 1 fully saturated rings. The number of rotatable bonds is 1. The molecule has 12 heavy (non-hydrogen) atoms. The summed E-state index contributed by atoms with van der Waals surface area (Å²) in [5.41, 5.74) is 3.42. The molecule has 1 heterocycles. The van der Waals surface area contributed by atoms with E-state index in [-0.39, 0.29) is 30.3 Å². The third kappa shape index (κ3) is 0.876. The van der Waals surface area contributed by atoms with Crippen LogP contribution in [-0.4, -0.2) is 23.3 Å². The quantitative estimate of drug-likeness (QED) is 0.566. The van der Waals surface area contributed by atoms with E-state index in [4.69, 9.17) is 5.11 Å². The fraction of sp³-hybridized carbons (Fsp3) is 0.750. The van der Waals surface area contributed by atoms with E-state index in [1.54, 1.807) is 0 Å². The largest absolute Gasteiger partial charge is 0.396 e. The van der Waals surface area contributed by atoms with Crippen LogP contribution < -0.4 is 5.43 Å². The average Bonchev–Trinajstić information content (AvgIpc) is 1.98. The summed E-state index contributed by atoms with van der Waals surface area (Å²) in [7, 11) is 0. The van der Waals surface area contributed by atoms with Crippen LogP contribution in [0.2, 0.25) is 0 Å². The molecule has 4 nitrogen and oxygen atoms in total. The first-order valence-corrected chi connectivity index (χ1v) is 4.19. The van der Waals surface area contributed by atoms with E-state index in [0.717, 1.165) is 12.1 Å². The minimum Gasteiger partial charge on any atom is -0.396 e. The predicted molar refractivity (Wildman–Crippen MR) is 43.4 cm³/mol. The van der Waals surface area contributed by atoms with Gasteiger partial charge in [0.1, 0.15) is 0 Å². The highest BCUT2D eigenvalue weighted by molar-refractivity contribution is 5.96. The molecule has 66 valence electrons. The molecule has 2 aliphatic rings. The Labute approximate surface area is 70.7 Å². The SMILES string of the molecule is CC1=NNC(=O)C2CC(CO)C12. The summed E-state index contributed by atoms with van der Waals surface area (Å²) in [6.45, 7) is 2.07. The van der Waals surface area contributed by atoms with Crippen LogP contribution in [-0.2, 0) is 4.79 Å². The van der Waals surface area contributed by atoms with E-state index < -0.39 is 0 Å². The molecule has 1 aliphatic heterocycles. The van der Waals surface area contributed by atoms with Gasteiger partial charge in [-0.05, 0) is 19.3 Å². The molecule has 3 atom stereocenters. The highest BCUT2D eigenvalue weighted by Crippen LogP contribution is 2.42. The highest BCUT2D eigenvalue weighted by atomic mass is 16.3. The highest BCUT2D eigenvalue weighted by Gasteiger charge is 2.48. The summed E-state index contributed by atoms with van der Waals surface area (Å²) in [6.07, 6.45) is 0.805. The lowest BCUT2D eigenvalue weighted by Crippen LogP contribution is -2.53. The fourth-order valence-electron chi connectivity index (χ4n) is 2.14. The normalized spacial score (nSPS) is 39.3. The van der Waals surface area contributed by atoms with Crippen LogP contribution >= 0.6 is 0 Å². The predicted octanol–water partition coefficient (Wildman–Crippen LogP) is -0.263. The van der Waals surface area contributed by atoms with E-state index in [1.165, 1.54) is 0 Å².